The van der Waals surface area contributed by atoms with E-state index in [-0.39, 0.29) is 17.0 Å². The first-order chi connectivity index (χ1) is 12.5. The quantitative estimate of drug-likeness (QED) is 0.477. The van der Waals surface area contributed by atoms with E-state index in [9.17, 15) is 9.59 Å². The Kier molecular flexibility index (Phi) is 11.4. The molecule has 0 spiro atoms. The Bertz CT molecular complexity index is 543. The van der Waals surface area contributed by atoms with Gasteiger partial charge in [0, 0.05) is 19.8 Å². The second-order valence-corrected chi connectivity index (χ2v) is 7.02. The van der Waals surface area contributed by atoms with E-state index in [1.165, 1.54) is 44.2 Å². The van der Waals surface area contributed by atoms with Crippen LogP contribution in [0.15, 0.2) is 24.3 Å². The number of ether oxygens (including phenoxy) is 1. The van der Waals surface area contributed by atoms with Gasteiger partial charge in [0.1, 0.15) is 0 Å². The number of hydrogen-bond acceptors (Lipinski definition) is 3. The van der Waals surface area contributed by atoms with Gasteiger partial charge in [-0.3, -0.25) is 4.79 Å². The molecule has 2 N–H and O–H groups in total. The number of carbonyl (C=O) groups is 2. The number of unbranched alkanes of at least 4 members (excludes halogenated alkanes) is 4. The van der Waals surface area contributed by atoms with Crippen molar-refractivity contribution in [3.05, 3.63) is 35.4 Å². The minimum absolute atomic E-state index is 0.0228. The van der Waals surface area contributed by atoms with Crippen LogP contribution in [-0.4, -0.2) is 36.7 Å². The fraction of sp³-hybridized carbons (Fsp3) is 0.619. The van der Waals surface area contributed by atoms with Crippen LogP contribution in [0.3, 0.4) is 0 Å². The van der Waals surface area contributed by atoms with Crippen LogP contribution in [0.5, 0.6) is 0 Å². The van der Waals surface area contributed by atoms with Crippen LogP contribution in [0.25, 0.3) is 0 Å². The van der Waals surface area contributed by atoms with Crippen LogP contribution in [0, 0.1) is 5.92 Å². The predicted molar refractivity (Wildman–Crippen MR) is 104 cm³/mol. The number of carboxylic acid groups (broad SMARTS) is 1. The third-order valence-electron chi connectivity index (χ3n) is 4.22. The minimum atomic E-state index is -1.09. The number of rotatable bonds is 14. The number of nitrogens with one attached hydrogen (secondary N) is 1. The molecule has 0 saturated carbocycles. The Morgan fingerprint density at radius 2 is 1.58 bits per heavy atom. The maximum absolute atomic E-state index is 12.1. The molecular weight excluding hydrogens is 330 g/mol. The average Bonchev–Trinajstić information content (AvgIpc) is 2.62. The molecule has 0 aliphatic carbocycles. The topological polar surface area (TPSA) is 75.6 Å². The smallest absolute Gasteiger partial charge is 0.336 e. The summed E-state index contributed by atoms with van der Waals surface area (Å²) in [5, 5.41) is 11.8. The molecule has 0 unspecified atom stereocenters. The van der Waals surface area contributed by atoms with Crippen molar-refractivity contribution >= 4 is 11.9 Å². The fourth-order valence-electron chi connectivity index (χ4n) is 2.73. The Hall–Kier alpha value is -1.88. The molecule has 1 amide bonds. The summed E-state index contributed by atoms with van der Waals surface area (Å²) >= 11 is 0. The van der Waals surface area contributed by atoms with Crippen molar-refractivity contribution in [2.75, 3.05) is 19.8 Å². The Labute approximate surface area is 157 Å². The SMILES string of the molecule is CC(C)CCCCCCCOCCCNC(=O)c1ccccc1C(=O)O. The summed E-state index contributed by atoms with van der Waals surface area (Å²) in [6, 6.07) is 6.23. The van der Waals surface area contributed by atoms with Gasteiger partial charge in [0.25, 0.3) is 5.91 Å². The van der Waals surface area contributed by atoms with Crippen molar-refractivity contribution in [2.24, 2.45) is 5.92 Å². The molecule has 26 heavy (non-hydrogen) atoms. The van der Waals surface area contributed by atoms with Crippen LogP contribution in [0.4, 0.5) is 0 Å². The fourth-order valence-corrected chi connectivity index (χ4v) is 2.73. The van der Waals surface area contributed by atoms with Crippen LogP contribution in [0.2, 0.25) is 0 Å². The first kappa shape index (κ1) is 22.2. The molecule has 1 rings (SSSR count). The second kappa shape index (κ2) is 13.3. The van der Waals surface area contributed by atoms with Crippen molar-refractivity contribution in [1.29, 1.82) is 0 Å². The van der Waals surface area contributed by atoms with Gasteiger partial charge in [-0.05, 0) is 30.9 Å². The molecule has 0 fully saturated rings. The van der Waals surface area contributed by atoms with Gasteiger partial charge in [-0.1, -0.05) is 58.1 Å². The van der Waals surface area contributed by atoms with Gasteiger partial charge in [-0.2, -0.15) is 0 Å². The van der Waals surface area contributed by atoms with Crippen molar-refractivity contribution < 1.29 is 19.4 Å². The third-order valence-corrected chi connectivity index (χ3v) is 4.22. The summed E-state index contributed by atoms with van der Waals surface area (Å²) in [6.07, 6.45) is 8.23. The monoisotopic (exact) mass is 363 g/mol. The molecule has 0 bridgehead atoms. The predicted octanol–water partition coefficient (Wildman–Crippen LogP) is 4.52. The molecular formula is C21H33NO4. The largest absolute Gasteiger partial charge is 0.478 e. The molecule has 5 heteroatoms. The zero-order valence-corrected chi connectivity index (χ0v) is 16.1. The summed E-state index contributed by atoms with van der Waals surface area (Å²) in [4.78, 5) is 23.2. The summed E-state index contributed by atoms with van der Waals surface area (Å²) in [7, 11) is 0. The first-order valence-electron chi connectivity index (χ1n) is 9.70. The van der Waals surface area contributed by atoms with Crippen molar-refractivity contribution in [1.82, 2.24) is 5.32 Å². The van der Waals surface area contributed by atoms with E-state index in [0.29, 0.717) is 13.2 Å². The molecule has 0 atom stereocenters. The highest BCUT2D eigenvalue weighted by molar-refractivity contribution is 6.04. The molecule has 0 saturated heterocycles. The molecule has 0 radical (unpaired) electrons. The van der Waals surface area contributed by atoms with Gasteiger partial charge in [0.2, 0.25) is 0 Å². The zero-order chi connectivity index (χ0) is 19.2. The summed E-state index contributed by atoms with van der Waals surface area (Å²) in [5.74, 6) is -0.649. The summed E-state index contributed by atoms with van der Waals surface area (Å²) in [5.41, 5.74) is 0.216. The molecule has 146 valence electrons. The van der Waals surface area contributed by atoms with E-state index >= 15 is 0 Å². The van der Waals surface area contributed by atoms with E-state index in [1.807, 2.05) is 0 Å². The number of hydrogen-bond donors (Lipinski definition) is 2. The van der Waals surface area contributed by atoms with E-state index < -0.39 is 5.97 Å². The highest BCUT2D eigenvalue weighted by Gasteiger charge is 2.14. The Morgan fingerprint density at radius 3 is 2.27 bits per heavy atom. The number of benzene rings is 1. The van der Waals surface area contributed by atoms with Crippen LogP contribution < -0.4 is 5.32 Å². The molecule has 5 nitrogen and oxygen atoms in total. The van der Waals surface area contributed by atoms with Crippen molar-refractivity contribution in [2.45, 2.75) is 58.8 Å². The lowest BCUT2D eigenvalue weighted by Crippen LogP contribution is -2.27. The van der Waals surface area contributed by atoms with Gasteiger partial charge in [-0.25, -0.2) is 4.79 Å². The van der Waals surface area contributed by atoms with E-state index in [0.717, 1.165) is 25.4 Å². The van der Waals surface area contributed by atoms with Gasteiger partial charge in [-0.15, -0.1) is 0 Å². The maximum Gasteiger partial charge on any atom is 0.336 e. The number of amides is 1. The molecule has 0 aromatic heterocycles. The maximum atomic E-state index is 12.1. The molecule has 0 aliphatic heterocycles. The average molecular weight is 363 g/mol. The minimum Gasteiger partial charge on any atom is -0.478 e. The van der Waals surface area contributed by atoms with Gasteiger partial charge in [0.05, 0.1) is 11.1 Å². The van der Waals surface area contributed by atoms with Crippen molar-refractivity contribution in [3.8, 4) is 0 Å². The Balaban J connectivity index is 2.02. The lowest BCUT2D eigenvalue weighted by atomic mass is 10.0. The number of aromatic carboxylic acids is 1. The van der Waals surface area contributed by atoms with E-state index in [4.69, 9.17) is 9.84 Å². The summed E-state index contributed by atoms with van der Waals surface area (Å²) in [6.45, 7) is 6.37. The number of carbonyl (C=O) groups excluding carboxylic acids is 1. The van der Waals surface area contributed by atoms with E-state index in [2.05, 4.69) is 19.2 Å². The molecule has 0 heterocycles. The van der Waals surface area contributed by atoms with Crippen LogP contribution >= 0.6 is 0 Å². The molecule has 0 aliphatic rings. The molecule has 1 aromatic carbocycles. The van der Waals surface area contributed by atoms with Gasteiger partial charge in [0.15, 0.2) is 0 Å². The van der Waals surface area contributed by atoms with Gasteiger partial charge >= 0.3 is 5.97 Å². The lowest BCUT2D eigenvalue weighted by Gasteiger charge is -2.08. The van der Waals surface area contributed by atoms with Crippen LogP contribution in [0.1, 0.15) is 79.5 Å². The van der Waals surface area contributed by atoms with E-state index in [1.54, 1.807) is 12.1 Å². The Morgan fingerprint density at radius 1 is 0.962 bits per heavy atom. The van der Waals surface area contributed by atoms with Crippen molar-refractivity contribution in [3.63, 3.8) is 0 Å². The lowest BCUT2D eigenvalue weighted by molar-refractivity contribution is 0.0690. The third kappa shape index (κ3) is 9.56. The highest BCUT2D eigenvalue weighted by atomic mass is 16.5. The second-order valence-electron chi connectivity index (χ2n) is 7.02. The number of carboxylic acids is 1. The first-order valence-corrected chi connectivity index (χ1v) is 9.70. The molecule has 1 aromatic rings. The normalized spacial score (nSPS) is 10.9. The zero-order valence-electron chi connectivity index (χ0n) is 16.1. The van der Waals surface area contributed by atoms with Crippen LogP contribution in [-0.2, 0) is 4.74 Å². The highest BCUT2D eigenvalue weighted by Crippen LogP contribution is 2.10. The van der Waals surface area contributed by atoms with Gasteiger partial charge < -0.3 is 15.2 Å². The standard InChI is InChI=1S/C21H33NO4/c1-17(2)11-6-4-3-5-9-15-26-16-10-14-22-20(23)18-12-7-8-13-19(18)21(24)25/h7-8,12-13,17H,3-6,9-11,14-16H2,1-2H3,(H,22,23)(H,24,25). The summed E-state index contributed by atoms with van der Waals surface area (Å²) < 4.78 is 5.58.